The molecule has 0 aromatic heterocycles. The number of halogens is 6. The van der Waals surface area contributed by atoms with E-state index < -0.39 is 35.6 Å². The molecule has 0 spiro atoms. The molecule has 131 heavy (non-hydrogen) atoms. The van der Waals surface area contributed by atoms with Gasteiger partial charge in [0.15, 0.2) is 0 Å². The number of amides is 4. The van der Waals surface area contributed by atoms with E-state index in [1.165, 1.54) is 12.8 Å². The quantitative estimate of drug-likeness (QED) is 0.0174. The number of hydrogen-bond donors (Lipinski definition) is 7. The molecule has 726 valence electrons. The predicted octanol–water partition coefficient (Wildman–Crippen LogP) is 12.8. The summed E-state index contributed by atoms with van der Waals surface area (Å²) in [4.78, 5) is 62.0. The van der Waals surface area contributed by atoms with E-state index in [0.29, 0.717) is 75.8 Å². The highest BCUT2D eigenvalue weighted by Gasteiger charge is 2.36. The molecule has 0 saturated heterocycles. The highest BCUT2D eigenvalue weighted by molar-refractivity contribution is 7.90. The number of rotatable bonds is 64. The van der Waals surface area contributed by atoms with Crippen LogP contribution in [0.25, 0.3) is 0 Å². The summed E-state index contributed by atoms with van der Waals surface area (Å²) in [6.07, 6.45) is 8.56. The fourth-order valence-electron chi connectivity index (χ4n) is 16.2. The number of ether oxygens (including phenoxy) is 9. The third kappa shape index (κ3) is 37.6. The fraction of sp³-hybridized carbons (Fsp3) is 0.570. The van der Waals surface area contributed by atoms with E-state index in [-0.39, 0.29) is 259 Å². The summed E-state index contributed by atoms with van der Waals surface area (Å²) >= 11 is 39.0. The van der Waals surface area contributed by atoms with Gasteiger partial charge in [0, 0.05) is 158 Å². The summed E-state index contributed by atoms with van der Waals surface area (Å²) in [6, 6.07) is 31.5. The smallest absolute Gasteiger partial charge is 0.240 e. The normalized spacial score (nSPS) is 15.7. The van der Waals surface area contributed by atoms with E-state index in [2.05, 4.69) is 57.1 Å². The van der Waals surface area contributed by atoms with Gasteiger partial charge in [0.1, 0.15) is 0 Å². The molecule has 0 fully saturated rings. The van der Waals surface area contributed by atoms with Crippen LogP contribution < -0.4 is 35.4 Å². The zero-order valence-electron chi connectivity index (χ0n) is 75.5. The lowest BCUT2D eigenvalue weighted by Gasteiger charge is -2.35. The first kappa shape index (κ1) is 109. The first-order chi connectivity index (χ1) is 63.0. The number of nitrogens with one attached hydrogen (secondary N) is 7. The average Bonchev–Trinajstić information content (AvgIpc) is 0.779. The van der Waals surface area contributed by atoms with Gasteiger partial charge in [0.2, 0.25) is 53.7 Å². The van der Waals surface area contributed by atoms with Gasteiger partial charge >= 0.3 is 0 Å². The van der Waals surface area contributed by atoms with Crippen LogP contribution in [-0.2, 0) is 112 Å². The summed E-state index contributed by atoms with van der Waals surface area (Å²) in [5.41, 5.74) is 7.14. The lowest BCUT2D eigenvalue weighted by molar-refractivity contribution is -0.127. The van der Waals surface area contributed by atoms with Crippen molar-refractivity contribution in [3.63, 3.8) is 0 Å². The van der Waals surface area contributed by atoms with Crippen molar-refractivity contribution < 1.29 is 87.1 Å². The molecule has 0 unspecified atom stereocenters. The molecule has 3 atom stereocenters. The van der Waals surface area contributed by atoms with Crippen LogP contribution in [-0.4, -0.2) is 268 Å². The highest BCUT2D eigenvalue weighted by atomic mass is 35.5. The van der Waals surface area contributed by atoms with Crippen molar-refractivity contribution in [1.29, 1.82) is 0 Å². The SMILES string of the molecule is CCCCCCCCCCC(=O)NC(CCC(=O)NCCOCCOCCOCCNS(=O)(=O)c1cccc([C@@H]2CN(C)Cc3c(Cl)cc(Cl)cc32)c1)(CCC(=O)NCCOCCOCCOCCNS(=O)(=O)c1cccc([C@@H]2CN(C)Cc3c(Cl)cc(Cl)cc32)c1)CCC(=O)NCCOCCOCCOCCNS(=O)(=O)c1cccc([C@@H]2CN(C)Cc3c(Cl)cc(Cl)cc32)c1. The topological polar surface area (TPSA) is 348 Å². The third-order valence-electron chi connectivity index (χ3n) is 22.9. The van der Waals surface area contributed by atoms with Crippen molar-refractivity contribution in [3.8, 4) is 0 Å². The van der Waals surface area contributed by atoms with Gasteiger partial charge in [0.25, 0.3) is 0 Å². The summed E-state index contributed by atoms with van der Waals surface area (Å²) in [7, 11) is -5.63. The minimum atomic E-state index is -3.87. The van der Waals surface area contributed by atoms with E-state index >= 15 is 0 Å². The molecule has 38 heteroatoms. The Kier molecular flexibility index (Phi) is 47.7. The molecule has 9 rings (SSSR count). The maximum atomic E-state index is 14.1. The molecule has 0 bridgehead atoms. The second kappa shape index (κ2) is 57.4. The molecule has 3 aliphatic rings. The van der Waals surface area contributed by atoms with E-state index in [0.717, 1.165) is 82.2 Å². The second-order valence-corrected chi connectivity index (χ2v) is 41.0. The lowest BCUT2D eigenvalue weighted by atomic mass is 9.82. The summed E-state index contributed by atoms with van der Waals surface area (Å²) in [5.74, 6) is -1.63. The Morgan fingerprint density at radius 3 is 0.901 bits per heavy atom. The average molecular weight is 2000 g/mol. The molecule has 0 saturated carbocycles. The van der Waals surface area contributed by atoms with Gasteiger partial charge < -0.3 is 78.6 Å². The van der Waals surface area contributed by atoms with Crippen LogP contribution in [0.4, 0.5) is 0 Å². The Labute approximate surface area is 803 Å². The van der Waals surface area contributed by atoms with Crippen LogP contribution >= 0.6 is 69.6 Å². The minimum Gasteiger partial charge on any atom is -0.378 e. The van der Waals surface area contributed by atoms with E-state index in [4.69, 9.17) is 112 Å². The van der Waals surface area contributed by atoms with Crippen molar-refractivity contribution in [3.05, 3.63) is 189 Å². The van der Waals surface area contributed by atoms with Crippen molar-refractivity contribution in [2.24, 2.45) is 0 Å². The fourth-order valence-corrected chi connectivity index (χ4v) is 21.1. The Balaban J connectivity index is 0.683. The zero-order chi connectivity index (χ0) is 94.0. The van der Waals surface area contributed by atoms with Crippen LogP contribution in [0.1, 0.15) is 171 Å². The standard InChI is InChI=1S/C93H130Cl6N10O19S3/c1-5-6-7-8-9-10-11-12-22-92(113)106-93(26-23-89(110)100-29-35-120-41-47-126-50-44-123-38-32-103-129(114,115)74-19-13-16-68(53-74)80-62-107(2)65-83-77(80)56-71(94)59-86(83)97,27-24-90(111)101-30-36-121-42-48-127-51-45-124-39-33-104-130(116,117)75-20-14-17-69(54-75)81-63-108(3)66-84-78(81)57-72(95)60-87(84)98)28-25-91(112)102-31-37-122-43-49-128-52-46-125-40-34-105-131(118,119)76-21-15-18-70(55-76)82-64-109(4)67-85-79(82)58-73(96)61-88(85)99/h13-21,53-61,80-82,103-105H,5-12,22-52,62-67H2,1-4H3,(H,100,110)(H,101,111)(H,102,112)(H,106,113)/t80-,81-,82-/m0/s1. The van der Waals surface area contributed by atoms with Crippen LogP contribution in [0.15, 0.2) is 124 Å². The number of likely N-dealkylation sites (N-methyl/N-ethyl adjacent to an activating group) is 3. The van der Waals surface area contributed by atoms with Gasteiger partial charge in [0.05, 0.1) is 134 Å². The molecule has 3 aliphatic heterocycles. The number of hydrogen-bond acceptors (Lipinski definition) is 22. The summed E-state index contributed by atoms with van der Waals surface area (Å²) in [6.45, 7) is 10.1. The molecular formula is C93H130Cl6N10O19S3. The number of carbonyl (C=O) groups excluding carboxylic acids is 4. The Hall–Kier alpha value is -5.81. The number of nitrogens with zero attached hydrogens (tertiary/aromatic N) is 3. The van der Waals surface area contributed by atoms with Gasteiger partial charge in [-0.15, -0.1) is 0 Å². The molecule has 29 nitrogen and oxygen atoms in total. The number of benzene rings is 6. The Morgan fingerprint density at radius 1 is 0.344 bits per heavy atom. The molecule has 4 amide bonds. The monoisotopic (exact) mass is 2000 g/mol. The van der Waals surface area contributed by atoms with Gasteiger partial charge in [-0.1, -0.05) is 158 Å². The highest BCUT2D eigenvalue weighted by Crippen LogP contribution is 2.43. The molecule has 0 aliphatic carbocycles. The van der Waals surface area contributed by atoms with E-state index in [9.17, 15) is 44.4 Å². The summed E-state index contributed by atoms with van der Waals surface area (Å²) in [5, 5.41) is 15.2. The van der Waals surface area contributed by atoms with Crippen molar-refractivity contribution >= 4 is 123 Å². The minimum absolute atomic E-state index is 0.0370. The largest absolute Gasteiger partial charge is 0.378 e. The number of carbonyl (C=O) groups is 4. The first-order valence-electron chi connectivity index (χ1n) is 45.1. The maximum absolute atomic E-state index is 14.1. The van der Waals surface area contributed by atoms with Crippen LogP contribution in [0, 0.1) is 0 Å². The van der Waals surface area contributed by atoms with Crippen molar-refractivity contribution in [2.75, 3.05) is 199 Å². The van der Waals surface area contributed by atoms with Crippen LogP contribution in [0.3, 0.4) is 0 Å². The number of sulfonamides is 3. The Morgan fingerprint density at radius 2 is 0.611 bits per heavy atom. The molecule has 3 heterocycles. The van der Waals surface area contributed by atoms with Gasteiger partial charge in [-0.05, 0) is 170 Å². The van der Waals surface area contributed by atoms with Crippen molar-refractivity contribution in [1.82, 2.24) is 50.1 Å². The molecule has 0 radical (unpaired) electrons. The lowest BCUT2D eigenvalue weighted by Crippen LogP contribution is -2.50. The maximum Gasteiger partial charge on any atom is 0.240 e. The summed E-state index contributed by atoms with van der Waals surface area (Å²) < 4.78 is 140. The van der Waals surface area contributed by atoms with E-state index in [1.54, 1.807) is 72.8 Å². The first-order valence-corrected chi connectivity index (χ1v) is 51.8. The van der Waals surface area contributed by atoms with Gasteiger partial charge in [-0.25, -0.2) is 39.4 Å². The molecule has 7 N–H and O–H groups in total. The second-order valence-electron chi connectivity index (χ2n) is 33.1. The van der Waals surface area contributed by atoms with E-state index in [1.807, 2.05) is 57.5 Å². The van der Waals surface area contributed by atoms with Crippen LogP contribution in [0.5, 0.6) is 0 Å². The predicted molar refractivity (Wildman–Crippen MR) is 511 cm³/mol. The third-order valence-corrected chi connectivity index (χ3v) is 28.9. The number of unbranched alkanes of at least 4 members (excludes halogenated alkanes) is 7. The van der Waals surface area contributed by atoms with Gasteiger partial charge in [-0.3, -0.25) is 19.2 Å². The zero-order valence-corrected chi connectivity index (χ0v) is 82.5. The molecule has 6 aromatic rings. The number of fused-ring (bicyclic) bond motifs is 3. The molecular weight excluding hydrogens is 1870 g/mol. The molecule has 6 aromatic carbocycles. The van der Waals surface area contributed by atoms with Gasteiger partial charge in [-0.2, -0.15) is 0 Å². The van der Waals surface area contributed by atoms with Crippen LogP contribution in [0.2, 0.25) is 30.1 Å². The van der Waals surface area contributed by atoms with Crippen molar-refractivity contribution in [2.45, 2.75) is 161 Å². The Bertz CT molecular complexity index is 4510.